The van der Waals surface area contributed by atoms with Crippen molar-refractivity contribution >= 4 is 23.6 Å². The van der Waals surface area contributed by atoms with Gasteiger partial charge in [-0.15, -0.1) is 28.0 Å². The van der Waals surface area contributed by atoms with E-state index in [1.807, 2.05) is 0 Å². The molecule has 9 nitrogen and oxygen atoms in total. The molecule has 7 aliphatic heterocycles. The average Bonchev–Trinajstić information content (AvgIpc) is 3.90. The maximum Gasteiger partial charge on any atom is 0.382 e. The van der Waals surface area contributed by atoms with Gasteiger partial charge in [0.1, 0.15) is 0 Å². The summed E-state index contributed by atoms with van der Waals surface area (Å²) in [4.78, 5) is 9.83. The molecule has 0 amide bonds. The molecule has 0 aromatic carbocycles. The third kappa shape index (κ3) is 5.92. The second kappa shape index (κ2) is 14.4. The Morgan fingerprint density at radius 1 is 0.523 bits per heavy atom. The van der Waals surface area contributed by atoms with E-state index in [-0.39, 0.29) is 0 Å². The molecule has 0 radical (unpaired) electrons. The monoisotopic (exact) mass is 670 g/mol. The van der Waals surface area contributed by atoms with Gasteiger partial charge in [-0.05, 0) is 88.9 Å². The fraction of sp³-hybridized carbons (Fsp3) is 1.00. The van der Waals surface area contributed by atoms with Crippen LogP contribution in [0.5, 0.6) is 0 Å². The molecule has 12 heteroatoms. The van der Waals surface area contributed by atoms with E-state index in [2.05, 4.69) is 53.4 Å². The van der Waals surface area contributed by atoms with Crippen molar-refractivity contribution in [1.29, 1.82) is 0 Å². The number of nitrogens with zero attached hydrogens (tertiary/aromatic N) is 7. The highest BCUT2D eigenvalue weighted by molar-refractivity contribution is 7.96. The van der Waals surface area contributed by atoms with Gasteiger partial charge in [-0.25, -0.2) is 0 Å². The minimum Gasteiger partial charge on any atom is -0.128 e. The lowest BCUT2D eigenvalue weighted by atomic mass is 9.93. The summed E-state index contributed by atoms with van der Waals surface area (Å²) in [7, 11) is -3.39. The van der Waals surface area contributed by atoms with Crippen LogP contribution in [0.4, 0.5) is 0 Å². The van der Waals surface area contributed by atoms with Crippen molar-refractivity contribution in [1.82, 2.24) is 42.2 Å². The number of hydrogen-bond donors (Lipinski definition) is 2. The summed E-state index contributed by atoms with van der Waals surface area (Å²) < 4.78 is 21.6. The van der Waals surface area contributed by atoms with Gasteiger partial charge < -0.3 is 0 Å². The zero-order chi connectivity index (χ0) is 30.2. The lowest BCUT2D eigenvalue weighted by molar-refractivity contribution is 0.233. The first kappa shape index (κ1) is 33.4. The van der Waals surface area contributed by atoms with Crippen LogP contribution < -0.4 is 9.72 Å². The van der Waals surface area contributed by atoms with Crippen LogP contribution in [0.2, 0.25) is 0 Å². The molecule has 0 aromatic heterocycles. The van der Waals surface area contributed by atoms with Crippen molar-refractivity contribution in [2.45, 2.75) is 110 Å². The average molecular weight is 671 g/mol. The van der Waals surface area contributed by atoms with Crippen molar-refractivity contribution in [3.63, 3.8) is 0 Å². The zero-order valence-corrected chi connectivity index (χ0v) is 31.4. The van der Waals surface area contributed by atoms with Crippen LogP contribution in [-0.4, -0.2) is 118 Å². The van der Waals surface area contributed by atoms with E-state index in [0.29, 0.717) is 0 Å². The lowest BCUT2D eigenvalue weighted by Gasteiger charge is -2.56. The molecule has 2 atom stereocenters. The van der Waals surface area contributed by atoms with Crippen LogP contribution in [-0.2, 0) is 0 Å². The molecule has 0 spiro atoms. The zero-order valence-electron chi connectivity index (χ0n) is 28.7. The standard InChI is InChI=1S/C32H67N9P3/c1-4-5-14-32-17-29-41(30-18-32)44(39-25-12-13-26-39)34-42(36-19-6-7-20-36,37-21-8-9-22-37)33-43(35(44)3,38-23-10-11-24-38)40-27-15-31(2)16-28-40/h31-34H,4-30H2,1-3H3/q+3. The Kier molecular flexibility index (Phi) is 11.0. The molecule has 2 N–H and O–H groups in total. The number of hydrogen-bond acceptors (Lipinski definition) is 9. The number of nitrogens with one attached hydrogen (secondary N) is 2. The Morgan fingerprint density at radius 3 is 1.30 bits per heavy atom. The summed E-state index contributed by atoms with van der Waals surface area (Å²) in [6.45, 7) is 20.2. The molecule has 0 saturated carbocycles. The molecule has 2 unspecified atom stereocenters. The molecule has 252 valence electrons. The van der Waals surface area contributed by atoms with Crippen molar-refractivity contribution in [2.24, 2.45) is 11.8 Å². The van der Waals surface area contributed by atoms with Crippen LogP contribution in [0.3, 0.4) is 0 Å². The van der Waals surface area contributed by atoms with E-state index in [1.165, 1.54) is 175 Å². The van der Waals surface area contributed by atoms with Gasteiger partial charge in [0.25, 0.3) is 0 Å². The highest BCUT2D eigenvalue weighted by atomic mass is 31.3. The van der Waals surface area contributed by atoms with Gasteiger partial charge in [-0.3, -0.25) is 0 Å². The lowest BCUT2D eigenvalue weighted by Crippen LogP contribution is -2.65. The fourth-order valence-corrected chi connectivity index (χ4v) is 29.3. The molecule has 7 aliphatic rings. The number of piperidine rings is 2. The van der Waals surface area contributed by atoms with Gasteiger partial charge in [0, 0.05) is 92.7 Å². The Balaban J connectivity index is 1.38. The summed E-state index contributed by atoms with van der Waals surface area (Å²) in [5.41, 5.74) is 0. The normalized spacial score (nSPS) is 37.2. The SMILES string of the molecule is CCCCC1CCN([P+]2(N3CCCC3)N[P+](N3CCCC3)(N3CCCC3)N[P+](N3CCCC3)(N3CCC(C)CC3)N2C)CC1. The molecule has 0 aliphatic carbocycles. The summed E-state index contributed by atoms with van der Waals surface area (Å²) in [5, 5.41) is 0. The van der Waals surface area contributed by atoms with Crippen molar-refractivity contribution < 1.29 is 0 Å². The minimum absolute atomic E-state index is 0.857. The van der Waals surface area contributed by atoms with Crippen LogP contribution in [0.15, 0.2) is 0 Å². The van der Waals surface area contributed by atoms with Gasteiger partial charge in [0.2, 0.25) is 0 Å². The predicted molar refractivity (Wildman–Crippen MR) is 192 cm³/mol. The van der Waals surface area contributed by atoms with Crippen LogP contribution in [0, 0.1) is 11.8 Å². The first-order valence-electron chi connectivity index (χ1n) is 19.1. The number of rotatable bonds is 9. The van der Waals surface area contributed by atoms with Crippen LogP contribution in [0.25, 0.3) is 0 Å². The molecule has 7 saturated heterocycles. The molecule has 7 heterocycles. The van der Waals surface area contributed by atoms with E-state index in [1.54, 1.807) is 0 Å². The maximum atomic E-state index is 4.93. The molecule has 0 aromatic rings. The van der Waals surface area contributed by atoms with Crippen LogP contribution in [0.1, 0.15) is 110 Å². The van der Waals surface area contributed by atoms with Crippen LogP contribution >= 0.6 is 23.6 Å². The first-order valence-corrected chi connectivity index (χ1v) is 24.1. The summed E-state index contributed by atoms with van der Waals surface area (Å²) in [6.07, 6.45) is 20.6. The number of unbranched alkanes of at least 4 members (excludes halogenated alkanes) is 1. The minimum atomic E-state index is -2.02. The highest BCUT2D eigenvalue weighted by Gasteiger charge is 2.86. The van der Waals surface area contributed by atoms with E-state index in [0.717, 1.165) is 11.8 Å². The summed E-state index contributed by atoms with van der Waals surface area (Å²) >= 11 is 0. The van der Waals surface area contributed by atoms with Gasteiger partial charge in [-0.2, -0.15) is 0 Å². The largest absolute Gasteiger partial charge is 0.382 e. The molecular formula is C32H67N9P3+3. The molecule has 0 bridgehead atoms. The van der Waals surface area contributed by atoms with Crippen molar-refractivity contribution in [3.05, 3.63) is 0 Å². The van der Waals surface area contributed by atoms with Gasteiger partial charge in [-0.1, -0.05) is 33.1 Å². The first-order chi connectivity index (χ1) is 21.5. The third-order valence-electron chi connectivity index (χ3n) is 12.4. The smallest absolute Gasteiger partial charge is 0.128 e. The third-order valence-corrected chi connectivity index (χ3v) is 27.1. The quantitative estimate of drug-likeness (QED) is 0.249. The summed E-state index contributed by atoms with van der Waals surface area (Å²) in [6, 6.07) is 0. The Labute approximate surface area is 272 Å². The van der Waals surface area contributed by atoms with Gasteiger partial charge in [0.15, 0.2) is 0 Å². The van der Waals surface area contributed by atoms with E-state index >= 15 is 0 Å². The highest BCUT2D eigenvalue weighted by Crippen LogP contribution is 2.91. The van der Waals surface area contributed by atoms with Crippen molar-refractivity contribution in [2.75, 3.05) is 85.6 Å². The van der Waals surface area contributed by atoms with Gasteiger partial charge in [0.05, 0.1) is 7.05 Å². The molecule has 7 rings (SSSR count). The second-order valence-corrected chi connectivity index (χ2v) is 25.2. The van der Waals surface area contributed by atoms with Gasteiger partial charge >= 0.3 is 23.6 Å². The van der Waals surface area contributed by atoms with E-state index in [9.17, 15) is 0 Å². The van der Waals surface area contributed by atoms with Crippen molar-refractivity contribution in [3.8, 4) is 0 Å². The molecule has 44 heavy (non-hydrogen) atoms. The molecular weight excluding hydrogens is 603 g/mol. The Hall–Kier alpha value is 0.930. The topological polar surface area (TPSA) is 46.7 Å². The summed E-state index contributed by atoms with van der Waals surface area (Å²) in [5.74, 6) is 1.78. The fourth-order valence-electron chi connectivity index (χ4n) is 9.67. The van der Waals surface area contributed by atoms with E-state index in [4.69, 9.17) is 9.72 Å². The molecule has 7 fully saturated rings. The Bertz CT molecular complexity index is 908. The Morgan fingerprint density at radius 2 is 0.886 bits per heavy atom. The second-order valence-electron chi connectivity index (χ2n) is 15.2. The van der Waals surface area contributed by atoms with E-state index < -0.39 is 23.6 Å². The predicted octanol–water partition coefficient (Wildman–Crippen LogP) is 7.16. The maximum absolute atomic E-state index is 4.93.